The molecule has 0 radical (unpaired) electrons. The molecule has 2 aliphatic rings. The minimum absolute atomic E-state index is 0.106. The third-order valence-electron chi connectivity index (χ3n) is 3.79. The van der Waals surface area contributed by atoms with E-state index in [1.54, 1.807) is 0 Å². The Hall–Kier alpha value is -0.170. The highest BCUT2D eigenvalue weighted by atomic mass is 32.2. The van der Waals surface area contributed by atoms with Gasteiger partial charge >= 0.3 is 0 Å². The van der Waals surface area contributed by atoms with Crippen LogP contribution in [0.1, 0.15) is 12.8 Å². The van der Waals surface area contributed by atoms with Gasteiger partial charge in [0.15, 0.2) is 9.84 Å². The van der Waals surface area contributed by atoms with Crippen LogP contribution in [0.5, 0.6) is 0 Å². The topological polar surface area (TPSA) is 66.8 Å². The van der Waals surface area contributed by atoms with E-state index in [0.717, 1.165) is 0 Å². The second-order valence-corrected chi connectivity index (χ2v) is 7.42. The molecular weight excluding hydrogens is 242 g/mol. The van der Waals surface area contributed by atoms with E-state index in [1.807, 2.05) is 7.05 Å². The summed E-state index contributed by atoms with van der Waals surface area (Å²) in [7, 11) is -0.893. The van der Waals surface area contributed by atoms with Crippen molar-refractivity contribution in [1.82, 2.24) is 4.90 Å². The van der Waals surface area contributed by atoms with Crippen LogP contribution in [-0.4, -0.2) is 68.9 Å². The number of aliphatic hydroxyl groups is 1. The maximum absolute atomic E-state index is 11.4. The van der Waals surface area contributed by atoms with Crippen molar-refractivity contribution < 1.29 is 18.3 Å². The van der Waals surface area contributed by atoms with Crippen molar-refractivity contribution >= 4 is 9.84 Å². The molecule has 1 N–H and O–H groups in total. The maximum Gasteiger partial charge on any atom is 0.151 e. The lowest BCUT2D eigenvalue weighted by molar-refractivity contribution is -0.0469. The molecule has 0 aromatic heterocycles. The number of nitrogens with zero attached hydrogens (tertiary/aromatic N) is 1. The quantitative estimate of drug-likeness (QED) is 0.744. The number of aliphatic hydroxyl groups excluding tert-OH is 1. The summed E-state index contributed by atoms with van der Waals surface area (Å²) in [5.41, 5.74) is 0. The average molecular weight is 263 g/mol. The molecule has 6 heteroatoms. The summed E-state index contributed by atoms with van der Waals surface area (Å²) < 4.78 is 28.2. The Morgan fingerprint density at radius 3 is 2.76 bits per heavy atom. The fourth-order valence-electron chi connectivity index (χ4n) is 2.60. The predicted molar refractivity (Wildman–Crippen MR) is 64.6 cm³/mol. The van der Waals surface area contributed by atoms with Crippen LogP contribution in [-0.2, 0) is 14.6 Å². The molecule has 0 bridgehead atoms. The first-order valence-electron chi connectivity index (χ1n) is 6.14. The van der Waals surface area contributed by atoms with Gasteiger partial charge in [0.1, 0.15) is 0 Å². The van der Waals surface area contributed by atoms with Gasteiger partial charge in [-0.25, -0.2) is 8.42 Å². The molecule has 0 aliphatic carbocycles. The summed E-state index contributed by atoms with van der Waals surface area (Å²) >= 11 is 0. The van der Waals surface area contributed by atoms with E-state index in [9.17, 15) is 13.5 Å². The minimum atomic E-state index is -2.83. The van der Waals surface area contributed by atoms with Gasteiger partial charge in [0, 0.05) is 25.1 Å². The van der Waals surface area contributed by atoms with E-state index in [2.05, 4.69) is 4.90 Å². The normalized spacial score (nSPS) is 37.5. The SMILES string of the molecule is CN(CC1COCCC1O)C1CCS(=O)(=O)C1. The number of rotatable bonds is 3. The molecule has 2 rings (SSSR count). The zero-order valence-corrected chi connectivity index (χ0v) is 11.0. The largest absolute Gasteiger partial charge is 0.393 e. The van der Waals surface area contributed by atoms with Crippen molar-refractivity contribution in [3.8, 4) is 0 Å². The number of sulfone groups is 1. The zero-order chi connectivity index (χ0) is 12.5. The van der Waals surface area contributed by atoms with Gasteiger partial charge in [-0.1, -0.05) is 0 Å². The Bertz CT molecular complexity index is 356. The molecule has 2 saturated heterocycles. The van der Waals surface area contributed by atoms with Gasteiger partial charge in [0.05, 0.1) is 24.2 Å². The molecule has 100 valence electrons. The molecule has 17 heavy (non-hydrogen) atoms. The van der Waals surface area contributed by atoms with Crippen molar-refractivity contribution in [2.24, 2.45) is 5.92 Å². The van der Waals surface area contributed by atoms with Crippen molar-refractivity contribution in [3.63, 3.8) is 0 Å². The lowest BCUT2D eigenvalue weighted by Gasteiger charge is -2.33. The lowest BCUT2D eigenvalue weighted by Crippen LogP contribution is -2.43. The molecule has 2 aliphatic heterocycles. The van der Waals surface area contributed by atoms with E-state index in [0.29, 0.717) is 38.4 Å². The lowest BCUT2D eigenvalue weighted by atomic mass is 9.97. The first-order valence-corrected chi connectivity index (χ1v) is 7.96. The number of hydrogen-bond acceptors (Lipinski definition) is 5. The highest BCUT2D eigenvalue weighted by molar-refractivity contribution is 7.91. The first kappa shape index (κ1) is 13.3. The van der Waals surface area contributed by atoms with Gasteiger partial charge in [-0.3, -0.25) is 0 Å². The van der Waals surface area contributed by atoms with Crippen molar-refractivity contribution in [2.45, 2.75) is 25.0 Å². The van der Waals surface area contributed by atoms with Crippen molar-refractivity contribution in [1.29, 1.82) is 0 Å². The second kappa shape index (κ2) is 5.22. The molecule has 0 amide bonds. The predicted octanol–water partition coefficient (Wildman–Crippen LogP) is -0.497. The highest BCUT2D eigenvalue weighted by Crippen LogP contribution is 2.21. The van der Waals surface area contributed by atoms with Crippen LogP contribution in [0, 0.1) is 5.92 Å². The summed E-state index contributed by atoms with van der Waals surface area (Å²) in [6, 6.07) is 0.106. The van der Waals surface area contributed by atoms with Crippen molar-refractivity contribution in [2.75, 3.05) is 38.3 Å². The Kier molecular flexibility index (Phi) is 4.07. The molecule has 0 aromatic carbocycles. The molecule has 0 spiro atoms. The van der Waals surface area contributed by atoms with Gasteiger partial charge in [0.2, 0.25) is 0 Å². The fourth-order valence-corrected chi connectivity index (χ4v) is 4.41. The maximum atomic E-state index is 11.4. The van der Waals surface area contributed by atoms with Gasteiger partial charge < -0.3 is 14.7 Å². The average Bonchev–Trinajstić information content (AvgIpc) is 2.62. The van der Waals surface area contributed by atoms with Gasteiger partial charge in [0.25, 0.3) is 0 Å². The number of hydrogen-bond donors (Lipinski definition) is 1. The van der Waals surface area contributed by atoms with Gasteiger partial charge in [-0.05, 0) is 19.9 Å². The first-order chi connectivity index (χ1) is 7.98. The van der Waals surface area contributed by atoms with E-state index < -0.39 is 9.84 Å². The zero-order valence-electron chi connectivity index (χ0n) is 10.2. The van der Waals surface area contributed by atoms with E-state index >= 15 is 0 Å². The molecule has 2 heterocycles. The highest BCUT2D eigenvalue weighted by Gasteiger charge is 2.33. The summed E-state index contributed by atoms with van der Waals surface area (Å²) in [6.45, 7) is 1.91. The molecule has 3 unspecified atom stereocenters. The Labute approximate surface area is 103 Å². The number of ether oxygens (including phenoxy) is 1. The van der Waals surface area contributed by atoms with E-state index in [-0.39, 0.29) is 23.8 Å². The second-order valence-electron chi connectivity index (χ2n) is 5.19. The molecule has 5 nitrogen and oxygen atoms in total. The van der Waals surface area contributed by atoms with Gasteiger partial charge in [-0.2, -0.15) is 0 Å². The summed E-state index contributed by atoms with van der Waals surface area (Å²) in [6.07, 6.45) is 1.08. The standard InChI is InChI=1S/C11H21NO4S/c1-12(10-3-5-17(14,15)8-10)6-9-7-16-4-2-11(9)13/h9-11,13H,2-8H2,1H3. The third-order valence-corrected chi connectivity index (χ3v) is 5.54. The minimum Gasteiger partial charge on any atom is -0.393 e. The monoisotopic (exact) mass is 263 g/mol. The van der Waals surface area contributed by atoms with Gasteiger partial charge in [-0.15, -0.1) is 0 Å². The summed E-state index contributed by atoms with van der Waals surface area (Å²) in [5, 5.41) is 9.84. The Morgan fingerprint density at radius 2 is 2.18 bits per heavy atom. The smallest absolute Gasteiger partial charge is 0.151 e. The fraction of sp³-hybridized carbons (Fsp3) is 1.00. The van der Waals surface area contributed by atoms with Crippen LogP contribution in [0.3, 0.4) is 0 Å². The molecule has 0 saturated carbocycles. The van der Waals surface area contributed by atoms with Crippen LogP contribution >= 0.6 is 0 Å². The third kappa shape index (κ3) is 3.40. The van der Waals surface area contributed by atoms with Crippen LogP contribution < -0.4 is 0 Å². The van der Waals surface area contributed by atoms with Crippen molar-refractivity contribution in [3.05, 3.63) is 0 Å². The van der Waals surface area contributed by atoms with Crippen LogP contribution in [0.2, 0.25) is 0 Å². The Balaban J connectivity index is 1.86. The molecular formula is C11H21NO4S. The van der Waals surface area contributed by atoms with Crippen LogP contribution in [0.4, 0.5) is 0 Å². The van der Waals surface area contributed by atoms with Crippen LogP contribution in [0.25, 0.3) is 0 Å². The Morgan fingerprint density at radius 1 is 1.41 bits per heavy atom. The molecule has 0 aromatic rings. The summed E-state index contributed by atoms with van der Waals surface area (Å²) in [4.78, 5) is 2.06. The molecule has 3 atom stereocenters. The summed E-state index contributed by atoms with van der Waals surface area (Å²) in [5.74, 6) is 0.663. The van der Waals surface area contributed by atoms with E-state index in [4.69, 9.17) is 4.74 Å². The van der Waals surface area contributed by atoms with Crippen LogP contribution in [0.15, 0.2) is 0 Å². The van der Waals surface area contributed by atoms with E-state index in [1.165, 1.54) is 0 Å². The molecule has 2 fully saturated rings.